The van der Waals surface area contributed by atoms with Gasteiger partial charge < -0.3 is 14.8 Å². The van der Waals surface area contributed by atoms with Gasteiger partial charge >= 0.3 is 0 Å². The first-order chi connectivity index (χ1) is 15.9. The van der Waals surface area contributed by atoms with E-state index in [4.69, 9.17) is 21.1 Å². The number of hydrogen-bond donors (Lipinski definition) is 1. The largest absolute Gasteiger partial charge is 0.497 e. The van der Waals surface area contributed by atoms with Crippen LogP contribution in [0.25, 0.3) is 5.57 Å². The molecule has 6 nitrogen and oxygen atoms in total. The predicted molar refractivity (Wildman–Crippen MR) is 123 cm³/mol. The lowest BCUT2D eigenvalue weighted by Gasteiger charge is -2.16. The molecule has 3 aromatic rings. The van der Waals surface area contributed by atoms with E-state index in [1.807, 2.05) is 0 Å². The Labute approximate surface area is 195 Å². The van der Waals surface area contributed by atoms with E-state index in [1.165, 1.54) is 26.4 Å². The molecule has 0 aliphatic carbocycles. The summed E-state index contributed by atoms with van der Waals surface area (Å²) in [6, 6.07) is 17.6. The molecule has 0 bridgehead atoms. The van der Waals surface area contributed by atoms with Gasteiger partial charge in [-0.15, -0.1) is 0 Å². The third-order valence-electron chi connectivity index (χ3n) is 5.25. The Morgan fingerprint density at radius 1 is 0.939 bits per heavy atom. The molecule has 0 atom stereocenters. The molecule has 0 spiro atoms. The molecular formula is C25H20ClFN2O4. The molecule has 168 valence electrons. The van der Waals surface area contributed by atoms with Gasteiger partial charge in [0.05, 0.1) is 32.0 Å². The zero-order valence-electron chi connectivity index (χ0n) is 17.9. The Morgan fingerprint density at radius 2 is 1.67 bits per heavy atom. The fourth-order valence-corrected chi connectivity index (χ4v) is 3.69. The maximum atomic E-state index is 14.3. The second kappa shape index (κ2) is 9.34. The van der Waals surface area contributed by atoms with Gasteiger partial charge in [0.2, 0.25) is 0 Å². The minimum atomic E-state index is -0.585. The fraction of sp³-hybridized carbons (Fsp3) is 0.120. The molecule has 0 fully saturated rings. The normalized spacial score (nSPS) is 13.5. The van der Waals surface area contributed by atoms with E-state index in [1.54, 1.807) is 54.6 Å². The third kappa shape index (κ3) is 4.40. The van der Waals surface area contributed by atoms with Gasteiger partial charge in [0.25, 0.3) is 11.8 Å². The summed E-state index contributed by atoms with van der Waals surface area (Å²) in [6.45, 7) is -0.206. The van der Waals surface area contributed by atoms with Crippen molar-refractivity contribution in [3.05, 3.63) is 94.4 Å². The lowest BCUT2D eigenvalue weighted by Crippen LogP contribution is -2.32. The number of carbonyl (C=O) groups excluding carboxylic acids is 2. The molecule has 2 amide bonds. The van der Waals surface area contributed by atoms with Crippen molar-refractivity contribution in [2.75, 3.05) is 19.5 Å². The SMILES string of the molecule is COc1ccc(OC)c(NC2=C(c3ccc(Cl)cc3)C(=O)N(Cc3ccccc3F)C2=O)c1. The molecule has 0 saturated carbocycles. The highest BCUT2D eigenvalue weighted by molar-refractivity contribution is 6.36. The topological polar surface area (TPSA) is 67.9 Å². The molecule has 8 heteroatoms. The summed E-state index contributed by atoms with van der Waals surface area (Å²) in [6.07, 6.45) is 0. The average Bonchev–Trinajstić information content (AvgIpc) is 3.05. The van der Waals surface area contributed by atoms with Crippen molar-refractivity contribution in [3.63, 3.8) is 0 Å². The Balaban J connectivity index is 1.79. The highest BCUT2D eigenvalue weighted by Gasteiger charge is 2.39. The standard InChI is InChI=1S/C25H20ClFN2O4/c1-32-18-11-12-21(33-2)20(13-18)28-23-22(15-7-9-17(26)10-8-15)24(30)29(25(23)31)14-16-5-3-4-6-19(16)27/h3-13,28H,14H2,1-2H3. The second-order valence-corrected chi connectivity index (χ2v) is 7.67. The number of rotatable bonds is 7. The second-order valence-electron chi connectivity index (χ2n) is 7.24. The quantitative estimate of drug-likeness (QED) is 0.502. The Hall–Kier alpha value is -3.84. The number of nitrogens with one attached hydrogen (secondary N) is 1. The number of methoxy groups -OCH3 is 2. The Kier molecular flexibility index (Phi) is 6.33. The highest BCUT2D eigenvalue weighted by atomic mass is 35.5. The van der Waals surface area contributed by atoms with E-state index >= 15 is 0 Å². The van der Waals surface area contributed by atoms with Gasteiger partial charge in [-0.3, -0.25) is 14.5 Å². The first-order valence-corrected chi connectivity index (χ1v) is 10.4. The van der Waals surface area contributed by atoms with Crippen molar-refractivity contribution in [2.45, 2.75) is 6.54 Å². The molecule has 1 heterocycles. The number of imide groups is 1. The van der Waals surface area contributed by atoms with Crippen LogP contribution in [0.15, 0.2) is 72.4 Å². The molecule has 0 radical (unpaired) electrons. The molecule has 1 N–H and O–H groups in total. The lowest BCUT2D eigenvalue weighted by molar-refractivity contribution is -0.137. The number of hydrogen-bond acceptors (Lipinski definition) is 5. The minimum absolute atomic E-state index is 0.0465. The smallest absolute Gasteiger partial charge is 0.278 e. The van der Waals surface area contributed by atoms with Crippen molar-refractivity contribution in [1.82, 2.24) is 4.90 Å². The summed E-state index contributed by atoms with van der Waals surface area (Å²) in [5.41, 5.74) is 1.36. The molecule has 3 aromatic carbocycles. The molecule has 1 aliphatic rings. The van der Waals surface area contributed by atoms with Crippen molar-refractivity contribution in [3.8, 4) is 11.5 Å². The van der Waals surface area contributed by atoms with Crippen LogP contribution in [0.2, 0.25) is 5.02 Å². The van der Waals surface area contributed by atoms with E-state index < -0.39 is 17.6 Å². The maximum absolute atomic E-state index is 14.3. The molecular weight excluding hydrogens is 447 g/mol. The monoisotopic (exact) mass is 466 g/mol. The van der Waals surface area contributed by atoms with Gasteiger partial charge in [-0.25, -0.2) is 4.39 Å². The predicted octanol–water partition coefficient (Wildman–Crippen LogP) is 4.89. The van der Waals surface area contributed by atoms with Crippen molar-refractivity contribution >= 4 is 34.7 Å². The molecule has 4 rings (SSSR count). The summed E-state index contributed by atoms with van der Waals surface area (Å²) >= 11 is 6.01. The van der Waals surface area contributed by atoms with Gasteiger partial charge in [-0.1, -0.05) is 41.9 Å². The van der Waals surface area contributed by atoms with Crippen LogP contribution in [0.3, 0.4) is 0 Å². The average molecular weight is 467 g/mol. The van der Waals surface area contributed by atoms with Gasteiger partial charge in [0.1, 0.15) is 23.0 Å². The number of ether oxygens (including phenoxy) is 2. The zero-order chi connectivity index (χ0) is 23.5. The molecule has 1 aliphatic heterocycles. The number of benzene rings is 3. The highest BCUT2D eigenvalue weighted by Crippen LogP contribution is 2.36. The number of nitrogens with zero attached hydrogens (tertiary/aromatic N) is 1. The van der Waals surface area contributed by atoms with Crippen molar-refractivity contribution < 1.29 is 23.5 Å². The summed E-state index contributed by atoms with van der Waals surface area (Å²) in [5, 5.41) is 3.53. The van der Waals surface area contributed by atoms with Crippen LogP contribution >= 0.6 is 11.6 Å². The molecule has 33 heavy (non-hydrogen) atoms. The van der Waals surface area contributed by atoms with Crippen LogP contribution in [0.4, 0.5) is 10.1 Å². The maximum Gasteiger partial charge on any atom is 0.278 e. The van der Waals surface area contributed by atoms with Crippen LogP contribution in [0.1, 0.15) is 11.1 Å². The summed E-state index contributed by atoms with van der Waals surface area (Å²) in [5.74, 6) is -0.645. The molecule has 0 aromatic heterocycles. The van der Waals surface area contributed by atoms with Gasteiger partial charge in [0, 0.05) is 16.7 Å². The molecule has 0 unspecified atom stereocenters. The van der Waals surface area contributed by atoms with E-state index in [2.05, 4.69) is 5.32 Å². The van der Waals surface area contributed by atoms with Crippen LogP contribution < -0.4 is 14.8 Å². The van der Waals surface area contributed by atoms with Gasteiger partial charge in [-0.05, 0) is 35.9 Å². The van der Waals surface area contributed by atoms with E-state index in [9.17, 15) is 14.0 Å². The van der Waals surface area contributed by atoms with Crippen LogP contribution in [0, 0.1) is 5.82 Å². The Bertz CT molecular complexity index is 1260. The van der Waals surface area contributed by atoms with E-state index in [-0.39, 0.29) is 23.4 Å². The summed E-state index contributed by atoms with van der Waals surface area (Å²) < 4.78 is 24.9. The van der Waals surface area contributed by atoms with E-state index in [0.29, 0.717) is 27.8 Å². The zero-order valence-corrected chi connectivity index (χ0v) is 18.7. The summed E-state index contributed by atoms with van der Waals surface area (Å²) in [4.78, 5) is 27.8. The number of carbonyl (C=O) groups is 2. The van der Waals surface area contributed by atoms with Crippen LogP contribution in [-0.4, -0.2) is 30.9 Å². The molecule has 0 saturated heterocycles. The van der Waals surface area contributed by atoms with Crippen LogP contribution in [-0.2, 0) is 16.1 Å². The first kappa shape index (κ1) is 22.4. The fourth-order valence-electron chi connectivity index (χ4n) is 3.56. The number of halogens is 2. The van der Waals surface area contributed by atoms with Crippen molar-refractivity contribution in [1.29, 1.82) is 0 Å². The Morgan fingerprint density at radius 3 is 2.33 bits per heavy atom. The minimum Gasteiger partial charge on any atom is -0.497 e. The summed E-state index contributed by atoms with van der Waals surface area (Å²) in [7, 11) is 3.01. The van der Waals surface area contributed by atoms with E-state index in [0.717, 1.165) is 4.90 Å². The number of amides is 2. The first-order valence-electron chi connectivity index (χ1n) is 10.0. The lowest BCUT2D eigenvalue weighted by atomic mass is 10.0. The third-order valence-corrected chi connectivity index (χ3v) is 5.51. The van der Waals surface area contributed by atoms with Gasteiger partial charge in [0.15, 0.2) is 0 Å². The van der Waals surface area contributed by atoms with Crippen LogP contribution in [0.5, 0.6) is 11.5 Å². The van der Waals surface area contributed by atoms with Crippen molar-refractivity contribution in [2.24, 2.45) is 0 Å². The number of anilines is 1. The van der Waals surface area contributed by atoms with Gasteiger partial charge in [-0.2, -0.15) is 0 Å².